The lowest BCUT2D eigenvalue weighted by atomic mass is 10.2. The van der Waals surface area contributed by atoms with E-state index in [0.29, 0.717) is 45.0 Å². The van der Waals surface area contributed by atoms with Gasteiger partial charge in [-0.3, -0.25) is 4.79 Å². The van der Waals surface area contributed by atoms with Gasteiger partial charge in [-0.1, -0.05) is 53.7 Å². The fraction of sp³-hybridized carbons (Fsp3) is 0.136. The first-order valence-corrected chi connectivity index (χ1v) is 10.4. The van der Waals surface area contributed by atoms with Gasteiger partial charge in [-0.05, 0) is 42.8 Å². The number of ether oxygens (including phenoxy) is 1. The quantitative estimate of drug-likeness (QED) is 0.250. The summed E-state index contributed by atoms with van der Waals surface area (Å²) >= 11 is 7.57. The first-order valence-electron chi connectivity index (χ1n) is 9.08. The summed E-state index contributed by atoms with van der Waals surface area (Å²) in [6, 6.07) is 18.4. The summed E-state index contributed by atoms with van der Waals surface area (Å²) in [7, 11) is 0. The number of benzene rings is 2. The average Bonchev–Trinajstić information content (AvgIpc) is 2.73. The SMILES string of the molecule is Cc1ccc(-n2c(SCCOc3ccccc3Cl)nc3ccccc3c2=O)nc1. The van der Waals surface area contributed by atoms with Crippen LogP contribution in [0.2, 0.25) is 5.02 Å². The predicted octanol–water partition coefficient (Wildman–Crippen LogP) is 4.91. The van der Waals surface area contributed by atoms with Crippen molar-refractivity contribution in [1.29, 1.82) is 0 Å². The molecule has 2 aromatic heterocycles. The van der Waals surface area contributed by atoms with Crippen LogP contribution in [-0.2, 0) is 0 Å². The molecule has 0 bridgehead atoms. The van der Waals surface area contributed by atoms with Crippen LogP contribution >= 0.6 is 23.4 Å². The Morgan fingerprint density at radius 1 is 1.07 bits per heavy atom. The second-order valence-corrected chi connectivity index (χ2v) is 7.84. The molecular weight excluding hydrogens is 406 g/mol. The molecule has 0 atom stereocenters. The molecule has 2 heterocycles. The molecule has 0 amide bonds. The Hall–Kier alpha value is -2.83. The maximum Gasteiger partial charge on any atom is 0.267 e. The van der Waals surface area contributed by atoms with Crippen LogP contribution in [0.25, 0.3) is 16.7 Å². The predicted molar refractivity (Wildman–Crippen MR) is 118 cm³/mol. The topological polar surface area (TPSA) is 57.0 Å². The number of hydrogen-bond donors (Lipinski definition) is 0. The van der Waals surface area contributed by atoms with Crippen molar-refractivity contribution >= 4 is 34.3 Å². The van der Waals surface area contributed by atoms with Crippen LogP contribution in [0.3, 0.4) is 0 Å². The Morgan fingerprint density at radius 3 is 2.66 bits per heavy atom. The van der Waals surface area contributed by atoms with Crippen LogP contribution in [0.4, 0.5) is 0 Å². The molecule has 0 radical (unpaired) electrons. The highest BCUT2D eigenvalue weighted by Crippen LogP contribution is 2.24. The fourth-order valence-electron chi connectivity index (χ4n) is 2.85. The van der Waals surface area contributed by atoms with E-state index in [1.54, 1.807) is 22.9 Å². The van der Waals surface area contributed by atoms with Crippen LogP contribution in [0.1, 0.15) is 5.56 Å². The molecule has 0 aliphatic heterocycles. The Bertz CT molecular complexity index is 1210. The first-order chi connectivity index (χ1) is 14.1. The Balaban J connectivity index is 1.63. The molecule has 0 saturated carbocycles. The largest absolute Gasteiger partial charge is 0.491 e. The van der Waals surface area contributed by atoms with Gasteiger partial charge in [0.05, 0.1) is 22.5 Å². The van der Waals surface area contributed by atoms with E-state index in [2.05, 4.69) is 4.98 Å². The van der Waals surface area contributed by atoms with Crippen LogP contribution < -0.4 is 10.3 Å². The summed E-state index contributed by atoms with van der Waals surface area (Å²) in [5.74, 6) is 1.79. The molecule has 29 heavy (non-hydrogen) atoms. The van der Waals surface area contributed by atoms with Crippen molar-refractivity contribution < 1.29 is 4.74 Å². The third kappa shape index (κ3) is 4.28. The van der Waals surface area contributed by atoms with Gasteiger partial charge in [0.2, 0.25) is 0 Å². The summed E-state index contributed by atoms with van der Waals surface area (Å²) < 4.78 is 7.31. The van der Waals surface area contributed by atoms with E-state index < -0.39 is 0 Å². The third-order valence-electron chi connectivity index (χ3n) is 4.28. The van der Waals surface area contributed by atoms with Gasteiger partial charge >= 0.3 is 0 Å². The maximum absolute atomic E-state index is 13.2. The van der Waals surface area contributed by atoms with E-state index >= 15 is 0 Å². The van der Waals surface area contributed by atoms with Crippen molar-refractivity contribution in [2.75, 3.05) is 12.4 Å². The zero-order valence-corrected chi connectivity index (χ0v) is 17.3. The van der Waals surface area contributed by atoms with Crippen LogP contribution in [0.5, 0.6) is 5.75 Å². The van der Waals surface area contributed by atoms with E-state index in [4.69, 9.17) is 21.3 Å². The van der Waals surface area contributed by atoms with Gasteiger partial charge < -0.3 is 4.74 Å². The molecule has 5 nitrogen and oxygen atoms in total. The van der Waals surface area contributed by atoms with Gasteiger partial charge in [-0.2, -0.15) is 0 Å². The molecule has 0 saturated heterocycles. The van der Waals surface area contributed by atoms with Crippen LogP contribution in [0.15, 0.2) is 76.8 Å². The minimum absolute atomic E-state index is 0.138. The molecular formula is C22H18ClN3O2S. The molecule has 4 rings (SSSR count). The van der Waals surface area contributed by atoms with Gasteiger partial charge in [0, 0.05) is 11.9 Å². The molecule has 0 aliphatic carbocycles. The van der Waals surface area contributed by atoms with Crippen molar-refractivity contribution in [3.63, 3.8) is 0 Å². The minimum Gasteiger partial charge on any atom is -0.491 e. The normalized spacial score (nSPS) is 11.0. The zero-order chi connectivity index (χ0) is 20.2. The monoisotopic (exact) mass is 423 g/mol. The highest BCUT2D eigenvalue weighted by Gasteiger charge is 2.14. The highest BCUT2D eigenvalue weighted by atomic mass is 35.5. The fourth-order valence-corrected chi connectivity index (χ4v) is 3.86. The second-order valence-electron chi connectivity index (χ2n) is 6.37. The van der Waals surface area contributed by atoms with Crippen molar-refractivity contribution in [2.45, 2.75) is 12.1 Å². The maximum atomic E-state index is 13.2. The van der Waals surface area contributed by atoms with Gasteiger partial charge in [0.25, 0.3) is 5.56 Å². The van der Waals surface area contributed by atoms with Crippen LogP contribution in [-0.4, -0.2) is 26.9 Å². The molecule has 0 unspecified atom stereocenters. The second kappa shape index (κ2) is 8.68. The minimum atomic E-state index is -0.138. The number of aryl methyl sites for hydroxylation is 1. The van der Waals surface area contributed by atoms with Crippen molar-refractivity contribution in [3.8, 4) is 11.6 Å². The lowest BCUT2D eigenvalue weighted by Gasteiger charge is -2.13. The smallest absolute Gasteiger partial charge is 0.267 e. The summed E-state index contributed by atoms with van der Waals surface area (Å²) in [6.45, 7) is 2.39. The molecule has 0 N–H and O–H groups in total. The summed E-state index contributed by atoms with van der Waals surface area (Å²) in [6.07, 6.45) is 1.74. The zero-order valence-electron chi connectivity index (χ0n) is 15.7. The van der Waals surface area contributed by atoms with Crippen LogP contribution in [0, 0.1) is 6.92 Å². The van der Waals surface area contributed by atoms with E-state index in [0.717, 1.165) is 5.56 Å². The number of nitrogens with zero attached hydrogens (tertiary/aromatic N) is 3. The van der Waals surface area contributed by atoms with Crippen molar-refractivity contribution in [2.24, 2.45) is 0 Å². The number of hydrogen-bond acceptors (Lipinski definition) is 5. The molecule has 0 fully saturated rings. The number of aromatic nitrogens is 3. The molecule has 0 aliphatic rings. The van der Waals surface area contributed by atoms with E-state index in [9.17, 15) is 4.79 Å². The van der Waals surface area contributed by atoms with E-state index in [-0.39, 0.29) is 5.56 Å². The van der Waals surface area contributed by atoms with Gasteiger partial charge in [-0.15, -0.1) is 0 Å². The Labute approximate surface area is 177 Å². The van der Waals surface area contributed by atoms with Gasteiger partial charge in [-0.25, -0.2) is 14.5 Å². The molecule has 7 heteroatoms. The third-order valence-corrected chi connectivity index (χ3v) is 5.49. The molecule has 0 spiro atoms. The summed E-state index contributed by atoms with van der Waals surface area (Å²) in [4.78, 5) is 22.3. The standard InChI is InChI=1S/C22H18ClN3O2S/c1-15-10-11-20(24-14-15)26-21(27)16-6-2-4-8-18(16)25-22(26)29-13-12-28-19-9-5-3-7-17(19)23/h2-11,14H,12-13H2,1H3. The summed E-state index contributed by atoms with van der Waals surface area (Å²) in [5, 5.41) is 1.71. The lowest BCUT2D eigenvalue weighted by molar-refractivity contribution is 0.344. The highest BCUT2D eigenvalue weighted by molar-refractivity contribution is 7.99. The number of para-hydroxylation sites is 2. The molecule has 2 aromatic carbocycles. The van der Waals surface area contributed by atoms with E-state index in [1.165, 1.54) is 11.8 Å². The lowest BCUT2D eigenvalue weighted by Crippen LogP contribution is -2.23. The van der Waals surface area contributed by atoms with Crippen molar-refractivity contribution in [3.05, 3.63) is 87.8 Å². The van der Waals surface area contributed by atoms with E-state index in [1.807, 2.05) is 55.5 Å². The number of rotatable bonds is 6. The van der Waals surface area contributed by atoms with Gasteiger partial charge in [0.15, 0.2) is 5.16 Å². The number of thioether (sulfide) groups is 1. The average molecular weight is 424 g/mol. The Kier molecular flexibility index (Phi) is 5.83. The first kappa shape index (κ1) is 19.5. The molecule has 146 valence electrons. The number of pyridine rings is 1. The van der Waals surface area contributed by atoms with Gasteiger partial charge in [0.1, 0.15) is 11.6 Å². The Morgan fingerprint density at radius 2 is 1.86 bits per heavy atom. The molecule has 4 aromatic rings. The number of fused-ring (bicyclic) bond motifs is 1. The van der Waals surface area contributed by atoms with Crippen molar-refractivity contribution in [1.82, 2.24) is 14.5 Å². The number of halogens is 1. The summed E-state index contributed by atoms with van der Waals surface area (Å²) in [5.41, 5.74) is 1.55.